The van der Waals surface area contributed by atoms with Gasteiger partial charge in [0.2, 0.25) is 82.7 Å². The number of aromatic hydroxyl groups is 1. The fraction of sp³-hybridized carbons (Fsp3) is 0.547. The number of benzene rings is 3. The number of hydrogen-bond acceptors (Lipinski definition) is 24. The van der Waals surface area contributed by atoms with E-state index in [2.05, 4.69) is 57.2 Å². The second kappa shape index (κ2) is 51.8. The number of ketones is 3. The normalized spacial score (nSPS) is 24.8. The number of carbonyl (C=O) groups excluding carboxylic acids is 17. The molecular weight excluding hydrogens is 1790 g/mol. The fourth-order valence-electron chi connectivity index (χ4n) is 17.7. The number of primary amides is 2. The number of β-amino-alcohol motifs (C(OH)–C–C–N with tert-alkyl or cyclic N) is 1. The number of aromatic amines is 3. The van der Waals surface area contributed by atoms with Crippen molar-refractivity contribution in [2.75, 3.05) is 58.4 Å². The Labute approximate surface area is 797 Å². The predicted molar refractivity (Wildman–Crippen MR) is 504 cm³/mol. The number of nitrogens with one attached hydrogen (secondary N) is 10. The minimum absolute atomic E-state index is 0.00673. The zero-order chi connectivity index (χ0) is 100. The number of thioether (sulfide) groups is 1. The van der Waals surface area contributed by atoms with Crippen molar-refractivity contribution in [2.45, 2.75) is 254 Å². The summed E-state index contributed by atoms with van der Waals surface area (Å²) in [6.45, 7) is 6.38. The molecule has 41 nitrogen and oxygen atoms in total. The molecule has 3 aliphatic rings. The first kappa shape index (κ1) is 108. The molecule has 0 unspecified atom stereocenters. The lowest BCUT2D eigenvalue weighted by atomic mass is 9.90. The molecule has 6 aromatic rings. The van der Waals surface area contributed by atoms with Gasteiger partial charge in [0.25, 0.3) is 0 Å². The summed E-state index contributed by atoms with van der Waals surface area (Å²) < 4.78 is 0. The van der Waals surface area contributed by atoms with E-state index in [4.69, 9.17) is 17.2 Å². The van der Waals surface area contributed by atoms with Crippen molar-refractivity contribution in [1.29, 1.82) is 0 Å². The molecule has 3 aromatic carbocycles. The molecule has 0 radical (unpaired) electrons. The van der Waals surface area contributed by atoms with Crippen LogP contribution in [-0.2, 0) is 112 Å². The first-order valence-corrected chi connectivity index (χ1v) is 47.8. The molecule has 3 aliphatic heterocycles. The number of Topliss-reactive ketones (excluding diaryl/α,β-unsaturated/α-hetero) is 3. The van der Waals surface area contributed by atoms with Crippen LogP contribution in [0.3, 0.4) is 0 Å². The Hall–Kier alpha value is -13.0. The van der Waals surface area contributed by atoms with E-state index in [-0.39, 0.29) is 100 Å². The summed E-state index contributed by atoms with van der Waals surface area (Å²) in [5.74, 6) is -20.4. The van der Waals surface area contributed by atoms with Crippen molar-refractivity contribution < 1.29 is 107 Å². The minimum Gasteiger partial charge on any atom is -0.508 e. The molecule has 3 fully saturated rings. The minimum atomic E-state index is -1.84. The number of hydrogen-bond donors (Lipinski definition) is 17. The Morgan fingerprint density at radius 1 is 0.569 bits per heavy atom. The number of nitrogens with zero attached hydrogens (tertiary/aromatic N) is 6. The van der Waals surface area contributed by atoms with E-state index >= 15 is 43.2 Å². The van der Waals surface area contributed by atoms with E-state index in [0.29, 0.717) is 64.2 Å². The largest absolute Gasteiger partial charge is 0.508 e. The number of amides is 14. The lowest BCUT2D eigenvalue weighted by Gasteiger charge is -2.38. The average Bonchev–Trinajstić information content (AvgIpc) is 1.76. The number of carboxylic acids is 1. The van der Waals surface area contributed by atoms with Gasteiger partial charge >= 0.3 is 5.97 Å². The Kier molecular flexibility index (Phi) is 40.7. The van der Waals surface area contributed by atoms with E-state index in [1.165, 1.54) is 62.7 Å². The molecule has 744 valence electrons. The van der Waals surface area contributed by atoms with E-state index in [0.717, 1.165) is 31.4 Å². The van der Waals surface area contributed by atoms with Gasteiger partial charge in [-0.25, -0.2) is 4.98 Å². The number of carbonyl (C=O) groups is 18. The molecule has 15 atom stereocenters. The van der Waals surface area contributed by atoms with Crippen LogP contribution >= 0.6 is 11.8 Å². The highest BCUT2D eigenvalue weighted by Gasteiger charge is 2.47. The molecule has 0 bridgehead atoms. The highest BCUT2D eigenvalue weighted by Crippen LogP contribution is 2.30. The smallest absolute Gasteiger partial charge is 0.303 e. The number of phenolic OH excluding ortho intramolecular Hbond substituents is 1. The molecule has 42 heteroatoms. The maximum atomic E-state index is 16.1. The number of aliphatic hydroxyl groups is 2. The van der Waals surface area contributed by atoms with Gasteiger partial charge in [-0.3, -0.25) is 86.3 Å². The Morgan fingerprint density at radius 2 is 1.15 bits per heavy atom. The van der Waals surface area contributed by atoms with Crippen LogP contribution in [0.1, 0.15) is 173 Å². The second-order valence-corrected chi connectivity index (χ2v) is 37.0. The topological polar surface area (TPSA) is 627 Å². The monoisotopic (exact) mass is 1920 g/mol. The summed E-state index contributed by atoms with van der Waals surface area (Å²) in [6, 6.07) is 1.17. The molecule has 9 rings (SSSR count). The lowest BCUT2D eigenvalue weighted by Crippen LogP contribution is -2.62. The van der Waals surface area contributed by atoms with Crippen molar-refractivity contribution in [3.05, 3.63) is 120 Å². The molecule has 3 aromatic heterocycles. The van der Waals surface area contributed by atoms with Crippen molar-refractivity contribution in [2.24, 2.45) is 35.0 Å². The van der Waals surface area contributed by atoms with Crippen LogP contribution in [0.4, 0.5) is 0 Å². The van der Waals surface area contributed by atoms with E-state index in [9.17, 15) is 63.6 Å². The number of likely N-dealkylation sites (N-methyl/N-ethyl adjacent to an activating group) is 2. The highest BCUT2D eigenvalue weighted by molar-refractivity contribution is 7.99. The van der Waals surface area contributed by atoms with Gasteiger partial charge in [0, 0.05) is 162 Å². The van der Waals surface area contributed by atoms with E-state index in [1.54, 1.807) is 74.8 Å². The fourth-order valence-corrected chi connectivity index (χ4v) is 18.7. The summed E-state index contributed by atoms with van der Waals surface area (Å²) in [4.78, 5) is 283. The molecule has 0 aliphatic carbocycles. The summed E-state index contributed by atoms with van der Waals surface area (Å²) in [7, 11) is 2.63. The molecule has 6 heterocycles. The Bertz CT molecular complexity index is 5260. The zero-order valence-corrected chi connectivity index (χ0v) is 79.3. The number of carboxylic acid groups (broad SMARTS) is 1. The van der Waals surface area contributed by atoms with Gasteiger partial charge in [0.15, 0.2) is 11.6 Å². The maximum absolute atomic E-state index is 16.1. The summed E-state index contributed by atoms with van der Waals surface area (Å²) >= 11 is 0.888. The number of unbranched alkanes of at least 4 members (excludes halogenated alkanes) is 2. The number of nitrogens with two attached hydrogens (primary N) is 3. The maximum Gasteiger partial charge on any atom is 0.303 e. The lowest BCUT2D eigenvalue weighted by molar-refractivity contribution is -0.151. The second-order valence-electron chi connectivity index (χ2n) is 36.0. The standard InChI is InChI=1S/C95H131N19O22S/c1-8-10-21-74-88(129)106-69(37-53(3)4)80(120)42-59(78(118)29-30-81(97)121)50-137-51-83(123)103-72(38-55-24-26-61(116)27-25-55)92(133)110(6)54(5)79(119)41-56(43-82(98)122)91(132)112-34-16-23-75(112)89(130)108-71(44-60-48-99-52-102-60)87(128)105-68(28-31-84(124)125)93(134)114-49-62(117)45-77(114)90(131)107-70(39-57-46-100-65-19-14-12-17-63(57)65)86(127)104-67(32-33-96)85(126)109-73(40-58-47-101-66-20-15-13-18-64(58)66)94(135)113(35-36-115)76(22-11-9-2)95(136)111(74)7/h12-15,17-20,24-27,46-48,52-54,56,59,62,67-77,100-101,115-117H,8-11,16,21-23,28-45,49-51,96H2,1-7H3,(H2,97,121)(H2,98,122)(H,99,102)(H,103,123)(H,104,127)(H,105,128)(H,106,129)(H,107,131)(H,108,130)(H,109,126)(H,124,125)/t54-,56-,59-,62+,67-,68-,69-,70-,71-,72-,73-,74-,75-,76-,77-/m0/s1. The van der Waals surface area contributed by atoms with Gasteiger partial charge in [-0.15, -0.1) is 0 Å². The number of fused-ring (bicyclic) bond motifs is 4. The molecule has 3 saturated heterocycles. The van der Waals surface area contributed by atoms with Crippen LogP contribution in [0.15, 0.2) is 97.7 Å². The van der Waals surface area contributed by atoms with Crippen molar-refractivity contribution in [3.63, 3.8) is 0 Å². The Morgan fingerprint density at radius 3 is 1.74 bits per heavy atom. The SMILES string of the molecule is CCCC[C@H]1C(=O)N[C@@H](CC(C)C)C(=O)C[C@H](C(=O)CCC(N)=O)CSCC(=O)N[C@@H](Cc2ccc(O)cc2)C(=O)N(C)[C@@H](C)C(=O)C[C@@H](CC(N)=O)C(=O)N2CCC[C@H]2C(=O)N[C@@H](Cc2cnc[nH]2)C(=O)N[C@@H](CCC(=O)O)C(=O)N2C[C@H](O)C[C@H]2C(=O)N[C@@H](Cc2c[nH]c3ccccc23)C(=O)N[C@@H](CCN)C(=O)N[C@@H](Cc2c[nH]c3ccccc23)C(=O)N(CCO)[C@@H](CCCC)C(=O)N1C. The molecular formula is C95H131N19O22S. The van der Waals surface area contributed by atoms with E-state index < -0.39 is 273 Å². The number of imidazole rings is 1. The van der Waals surface area contributed by atoms with Crippen LogP contribution in [0.25, 0.3) is 21.8 Å². The van der Waals surface area contributed by atoms with Gasteiger partial charge in [-0.05, 0) is 105 Å². The summed E-state index contributed by atoms with van der Waals surface area (Å²) in [6.07, 6.45) is -0.245. The van der Waals surface area contributed by atoms with Crippen molar-refractivity contribution in [1.82, 2.24) is 81.7 Å². The van der Waals surface area contributed by atoms with Gasteiger partial charge in [-0.2, -0.15) is 11.8 Å². The molecule has 0 saturated carbocycles. The van der Waals surface area contributed by atoms with Crippen LogP contribution in [0, 0.1) is 17.8 Å². The first-order valence-electron chi connectivity index (χ1n) is 46.7. The molecule has 137 heavy (non-hydrogen) atoms. The van der Waals surface area contributed by atoms with Gasteiger partial charge < -0.3 is 114 Å². The average molecular weight is 1920 g/mol. The van der Waals surface area contributed by atoms with Crippen molar-refractivity contribution in [3.8, 4) is 5.75 Å². The van der Waals surface area contributed by atoms with Gasteiger partial charge in [0.05, 0.1) is 42.8 Å². The number of para-hydroxylation sites is 2. The van der Waals surface area contributed by atoms with Crippen LogP contribution in [-0.4, -0.2) is 308 Å². The third kappa shape index (κ3) is 30.3. The third-order valence-corrected chi connectivity index (χ3v) is 26.4. The zero-order valence-electron chi connectivity index (χ0n) is 78.4. The van der Waals surface area contributed by atoms with E-state index in [1.807, 2.05) is 13.8 Å². The highest BCUT2D eigenvalue weighted by atomic mass is 32.2. The van der Waals surface area contributed by atoms with Crippen LogP contribution in [0.5, 0.6) is 5.75 Å². The predicted octanol–water partition coefficient (Wildman–Crippen LogP) is 0.806. The number of aliphatic hydroxyl groups excluding tert-OH is 2. The van der Waals surface area contributed by atoms with Crippen molar-refractivity contribution >= 4 is 140 Å². The number of aliphatic carboxylic acids is 1. The van der Waals surface area contributed by atoms with Gasteiger partial charge in [-0.1, -0.05) is 102 Å². The number of rotatable bonds is 29. The third-order valence-electron chi connectivity index (χ3n) is 25.3. The summed E-state index contributed by atoms with van der Waals surface area (Å²) in [5.41, 5.74) is 20.4. The van der Waals surface area contributed by atoms with Gasteiger partial charge in [0.1, 0.15) is 72.0 Å². The number of aromatic nitrogens is 4. The number of H-pyrrole nitrogens is 3. The van der Waals surface area contributed by atoms with Crippen LogP contribution < -0.4 is 54.4 Å². The Balaban J connectivity index is 1.12. The molecule has 0 spiro atoms. The number of phenols is 1. The first-order chi connectivity index (χ1) is 65.3. The summed E-state index contributed by atoms with van der Waals surface area (Å²) in [5, 5.41) is 63.3. The quantitative estimate of drug-likeness (QED) is 0.0309. The molecule has 14 amide bonds. The van der Waals surface area contributed by atoms with Crippen LogP contribution in [0.2, 0.25) is 0 Å². The molecule has 20 N–H and O–H groups in total.